The van der Waals surface area contributed by atoms with Crippen molar-refractivity contribution in [3.8, 4) is 0 Å². The van der Waals surface area contributed by atoms with E-state index in [1.54, 1.807) is 31.5 Å². The number of amides is 1. The van der Waals surface area contributed by atoms with Crippen LogP contribution in [0.4, 0.5) is 16.5 Å². The van der Waals surface area contributed by atoms with Crippen LogP contribution in [0.3, 0.4) is 0 Å². The maximum atomic E-state index is 12.8. The molecule has 1 amide bonds. The molecule has 2 aromatic heterocycles. The summed E-state index contributed by atoms with van der Waals surface area (Å²) in [5.41, 5.74) is 3.60. The van der Waals surface area contributed by atoms with Crippen molar-refractivity contribution in [1.82, 2.24) is 14.8 Å². The van der Waals surface area contributed by atoms with Crippen LogP contribution < -0.4 is 4.90 Å². The second-order valence-electron chi connectivity index (χ2n) is 8.76. The number of para-hydroxylation sites is 1. The highest BCUT2D eigenvalue weighted by molar-refractivity contribution is 7.80. The molecule has 0 radical (unpaired) electrons. The molecule has 1 unspecified atom stereocenters. The van der Waals surface area contributed by atoms with E-state index >= 15 is 0 Å². The molecule has 1 atom stereocenters. The van der Waals surface area contributed by atoms with Crippen molar-refractivity contribution >= 4 is 57.2 Å². The summed E-state index contributed by atoms with van der Waals surface area (Å²) in [6, 6.07) is 16.5. The molecule has 2 aliphatic heterocycles. The van der Waals surface area contributed by atoms with Gasteiger partial charge in [-0.1, -0.05) is 38.1 Å². The zero-order chi connectivity index (χ0) is 23.5. The lowest BCUT2D eigenvalue weighted by atomic mass is 9.75. The van der Waals surface area contributed by atoms with Crippen LogP contribution in [0.2, 0.25) is 0 Å². The Morgan fingerprint density at radius 1 is 1.09 bits per heavy atom. The number of fused-ring (bicyclic) bond motifs is 2. The predicted octanol–water partition coefficient (Wildman–Crippen LogP) is 4.64. The topological polar surface area (TPSA) is 59.9 Å². The van der Waals surface area contributed by atoms with Crippen LogP contribution >= 0.6 is 23.6 Å². The third-order valence-corrected chi connectivity index (χ3v) is 7.99. The normalized spacial score (nSPS) is 20.8. The number of thiocarbonyl (C=S) groups is 1. The van der Waals surface area contributed by atoms with E-state index in [0.717, 1.165) is 26.9 Å². The summed E-state index contributed by atoms with van der Waals surface area (Å²) < 4.78 is 0. The van der Waals surface area contributed by atoms with Crippen LogP contribution in [-0.2, 0) is 10.2 Å². The minimum atomic E-state index is -1.08. The van der Waals surface area contributed by atoms with E-state index < -0.39 is 6.23 Å². The number of carbonyl (C=O) groups is 1. The molecule has 1 aromatic carbocycles. The summed E-state index contributed by atoms with van der Waals surface area (Å²) in [5, 5.41) is 11.9. The summed E-state index contributed by atoms with van der Waals surface area (Å²) >= 11 is 6.78. The number of aliphatic hydroxyl groups is 1. The number of aromatic nitrogens is 1. The molecule has 5 rings (SSSR count). The van der Waals surface area contributed by atoms with E-state index in [-0.39, 0.29) is 11.3 Å². The lowest BCUT2D eigenvalue weighted by molar-refractivity contribution is -0.126. The number of likely N-dealkylation sites (N-methyl/N-ethyl adjacent to an activating group) is 2. The summed E-state index contributed by atoms with van der Waals surface area (Å²) in [5.74, 6) is 0.610. The van der Waals surface area contributed by atoms with Gasteiger partial charge in [0.15, 0.2) is 11.3 Å². The highest BCUT2D eigenvalue weighted by Gasteiger charge is 2.38. The second kappa shape index (κ2) is 7.76. The standard InChI is InChI=1S/C25H24N4O2S2/c1-25(2)17-8-5-6-10-19(17)29(21-18(25)9-7-13-26-21)20-12-11-15(33-20)14-16-22(30)27(3)24(32)28(4)23(16)31/h5-14,22,30H,1-4H3/b16-14-. The Hall–Kier alpha value is -3.07. The van der Waals surface area contributed by atoms with Crippen LogP contribution in [0.25, 0.3) is 6.08 Å². The first-order valence-electron chi connectivity index (χ1n) is 10.6. The number of carbonyl (C=O) groups excluding carboxylic acids is 1. The van der Waals surface area contributed by atoms with Gasteiger partial charge in [-0.15, -0.1) is 11.3 Å². The highest BCUT2D eigenvalue weighted by atomic mass is 32.1. The van der Waals surface area contributed by atoms with Gasteiger partial charge in [0, 0.05) is 36.1 Å². The van der Waals surface area contributed by atoms with Crippen LogP contribution in [0, 0.1) is 0 Å². The highest BCUT2D eigenvalue weighted by Crippen LogP contribution is 2.51. The summed E-state index contributed by atoms with van der Waals surface area (Å²) in [6.07, 6.45) is 2.48. The first-order chi connectivity index (χ1) is 15.7. The van der Waals surface area contributed by atoms with Crippen molar-refractivity contribution < 1.29 is 9.90 Å². The molecule has 1 saturated heterocycles. The molecule has 3 aromatic rings. The average molecular weight is 477 g/mol. The SMILES string of the molecule is CN1C(=O)/C(=C\c2ccc(N3c4ccccc4C(C)(C)c4cccnc43)s2)C(O)N(C)C1=S. The lowest BCUT2D eigenvalue weighted by Crippen LogP contribution is -2.55. The Morgan fingerprint density at radius 3 is 2.61 bits per heavy atom. The van der Waals surface area contributed by atoms with E-state index in [1.807, 2.05) is 30.5 Å². The largest absolute Gasteiger partial charge is 0.369 e. The van der Waals surface area contributed by atoms with Gasteiger partial charge in [0.05, 0.1) is 11.3 Å². The van der Waals surface area contributed by atoms with E-state index in [0.29, 0.717) is 10.7 Å². The lowest BCUT2D eigenvalue weighted by Gasteiger charge is -2.40. The van der Waals surface area contributed by atoms with Gasteiger partial charge in [-0.3, -0.25) is 14.6 Å². The number of aliphatic hydroxyl groups excluding tert-OH is 1. The molecular formula is C25H24N4O2S2. The molecule has 8 heteroatoms. The first-order valence-corrected chi connectivity index (χ1v) is 11.8. The number of nitrogens with zero attached hydrogens (tertiary/aromatic N) is 4. The fourth-order valence-corrected chi connectivity index (χ4v) is 5.67. The van der Waals surface area contributed by atoms with Gasteiger partial charge in [-0.05, 0) is 48.1 Å². The van der Waals surface area contributed by atoms with Gasteiger partial charge in [0.2, 0.25) is 0 Å². The molecule has 0 bridgehead atoms. The maximum absolute atomic E-state index is 12.8. The third kappa shape index (κ3) is 3.28. The number of rotatable bonds is 2. The number of anilines is 3. The number of hydrogen-bond donors (Lipinski definition) is 1. The molecule has 1 fully saturated rings. The molecule has 0 spiro atoms. The zero-order valence-electron chi connectivity index (χ0n) is 18.8. The van der Waals surface area contributed by atoms with Crippen LogP contribution in [0.1, 0.15) is 29.9 Å². The van der Waals surface area contributed by atoms with Gasteiger partial charge < -0.3 is 10.0 Å². The van der Waals surface area contributed by atoms with Crippen molar-refractivity contribution in [3.63, 3.8) is 0 Å². The minimum Gasteiger partial charge on any atom is -0.369 e. The molecule has 0 saturated carbocycles. The molecule has 33 heavy (non-hydrogen) atoms. The second-order valence-corrected chi connectivity index (χ2v) is 10.2. The molecule has 168 valence electrons. The Kier molecular flexibility index (Phi) is 5.12. The van der Waals surface area contributed by atoms with E-state index in [2.05, 4.69) is 43.0 Å². The Labute approximate surface area is 202 Å². The van der Waals surface area contributed by atoms with Gasteiger partial charge in [-0.25, -0.2) is 4.98 Å². The number of pyridine rings is 1. The van der Waals surface area contributed by atoms with E-state index in [9.17, 15) is 9.90 Å². The van der Waals surface area contributed by atoms with Crippen LogP contribution in [0.5, 0.6) is 0 Å². The van der Waals surface area contributed by atoms with Crippen molar-refractivity contribution in [2.24, 2.45) is 0 Å². The van der Waals surface area contributed by atoms with E-state index in [4.69, 9.17) is 17.2 Å². The minimum absolute atomic E-state index is 0.176. The summed E-state index contributed by atoms with van der Waals surface area (Å²) in [6.45, 7) is 4.45. The molecule has 0 aliphatic carbocycles. The zero-order valence-corrected chi connectivity index (χ0v) is 20.4. The predicted molar refractivity (Wildman–Crippen MR) is 136 cm³/mol. The van der Waals surface area contributed by atoms with Crippen LogP contribution in [-0.4, -0.2) is 51.2 Å². The van der Waals surface area contributed by atoms with Crippen molar-refractivity contribution in [2.45, 2.75) is 25.5 Å². The molecule has 1 N–H and O–H groups in total. The number of hydrogen-bond acceptors (Lipinski definition) is 6. The maximum Gasteiger partial charge on any atom is 0.260 e. The monoisotopic (exact) mass is 476 g/mol. The van der Waals surface area contributed by atoms with Gasteiger partial charge in [0.25, 0.3) is 5.91 Å². The Bertz CT molecular complexity index is 1260. The van der Waals surface area contributed by atoms with Gasteiger partial charge >= 0.3 is 0 Å². The third-order valence-electron chi connectivity index (χ3n) is 6.41. The van der Waals surface area contributed by atoms with Crippen molar-refractivity contribution in [3.05, 3.63) is 76.3 Å². The average Bonchev–Trinajstić information content (AvgIpc) is 3.28. The Morgan fingerprint density at radius 2 is 1.82 bits per heavy atom. The van der Waals surface area contributed by atoms with Gasteiger partial charge in [-0.2, -0.15) is 0 Å². The molecule has 2 aliphatic rings. The van der Waals surface area contributed by atoms with Crippen molar-refractivity contribution in [1.29, 1.82) is 0 Å². The summed E-state index contributed by atoms with van der Waals surface area (Å²) in [4.78, 5) is 23.4. The van der Waals surface area contributed by atoms with Gasteiger partial charge in [0.1, 0.15) is 10.8 Å². The fourth-order valence-electron chi connectivity index (χ4n) is 4.51. The van der Waals surface area contributed by atoms with E-state index in [1.165, 1.54) is 15.4 Å². The number of benzene rings is 1. The first kappa shape index (κ1) is 21.8. The smallest absolute Gasteiger partial charge is 0.260 e. The summed E-state index contributed by atoms with van der Waals surface area (Å²) in [7, 11) is 3.30. The van der Waals surface area contributed by atoms with Crippen molar-refractivity contribution in [2.75, 3.05) is 19.0 Å². The number of thiophene rings is 1. The quantitative estimate of drug-likeness (QED) is 0.429. The molecular weight excluding hydrogens is 452 g/mol. The molecule has 4 heterocycles. The fraction of sp³-hybridized carbons (Fsp3) is 0.240. The molecule has 6 nitrogen and oxygen atoms in total. The Balaban J connectivity index is 1.60. The van der Waals surface area contributed by atoms with Crippen LogP contribution in [0.15, 0.2) is 60.3 Å².